The third-order valence-corrected chi connectivity index (χ3v) is 3.85. The van der Waals surface area contributed by atoms with E-state index in [1.807, 2.05) is 19.9 Å². The summed E-state index contributed by atoms with van der Waals surface area (Å²) in [6.07, 6.45) is 0. The fourth-order valence-electron chi connectivity index (χ4n) is 2.61. The van der Waals surface area contributed by atoms with Crippen molar-refractivity contribution in [2.75, 3.05) is 5.32 Å². The molecule has 0 aliphatic rings. The smallest absolute Gasteiger partial charge is 0.408 e. The molecule has 1 atom stereocenters. The summed E-state index contributed by atoms with van der Waals surface area (Å²) >= 11 is 0. The molecule has 1 N–H and O–H groups in total. The minimum atomic E-state index is -0.442. The Hall–Kier alpha value is -2.83. The molecular formula is C16H18N4O3. The minimum absolute atomic E-state index is 0.186. The number of anilines is 1. The van der Waals surface area contributed by atoms with Crippen LogP contribution in [0.1, 0.15) is 24.4 Å². The van der Waals surface area contributed by atoms with Crippen molar-refractivity contribution in [3.05, 3.63) is 46.2 Å². The first kappa shape index (κ1) is 15.1. The van der Waals surface area contributed by atoms with Crippen LogP contribution in [0.5, 0.6) is 0 Å². The quantitative estimate of drug-likeness (QED) is 0.803. The molecule has 0 saturated carbocycles. The van der Waals surface area contributed by atoms with Gasteiger partial charge in [0.1, 0.15) is 6.04 Å². The van der Waals surface area contributed by atoms with E-state index >= 15 is 0 Å². The Morgan fingerprint density at radius 3 is 2.70 bits per heavy atom. The number of aryl methyl sites for hydroxylation is 3. The van der Waals surface area contributed by atoms with Crippen molar-refractivity contribution in [3.63, 3.8) is 0 Å². The Bertz CT molecular complexity index is 948. The number of rotatable bonds is 3. The monoisotopic (exact) mass is 314 g/mol. The maximum Gasteiger partial charge on any atom is 0.419 e. The normalized spacial score (nSPS) is 12.5. The lowest BCUT2D eigenvalue weighted by Crippen LogP contribution is -2.25. The summed E-state index contributed by atoms with van der Waals surface area (Å²) in [6, 6.07) is 6.60. The number of carbonyl (C=O) groups is 1. The second kappa shape index (κ2) is 5.42. The molecule has 23 heavy (non-hydrogen) atoms. The molecule has 1 unspecified atom stereocenters. The summed E-state index contributed by atoms with van der Waals surface area (Å²) in [6.45, 7) is 5.59. The van der Waals surface area contributed by atoms with Crippen LogP contribution in [0.25, 0.3) is 11.1 Å². The number of nitrogens with one attached hydrogen (secondary N) is 1. The summed E-state index contributed by atoms with van der Waals surface area (Å²) in [4.78, 5) is 23.9. The van der Waals surface area contributed by atoms with Crippen LogP contribution in [0.2, 0.25) is 0 Å². The maximum atomic E-state index is 12.4. The van der Waals surface area contributed by atoms with Gasteiger partial charge in [-0.15, -0.1) is 0 Å². The average molecular weight is 314 g/mol. The van der Waals surface area contributed by atoms with E-state index in [0.29, 0.717) is 16.8 Å². The predicted molar refractivity (Wildman–Crippen MR) is 86.5 cm³/mol. The molecule has 120 valence electrons. The Kier molecular flexibility index (Phi) is 3.55. The topological polar surface area (TPSA) is 82.1 Å². The average Bonchev–Trinajstić information content (AvgIpc) is 2.97. The third kappa shape index (κ3) is 2.65. The molecule has 1 aromatic carbocycles. The standard InChI is InChI=1S/C16H18N4O3/c1-9-7-10(2)20(18-9)11(3)15(21)17-12-5-6-13-14(8-12)23-16(22)19(13)4/h5-8,11H,1-4H3,(H,17,21). The van der Waals surface area contributed by atoms with E-state index in [-0.39, 0.29) is 5.91 Å². The summed E-state index contributed by atoms with van der Waals surface area (Å²) in [5.41, 5.74) is 3.49. The van der Waals surface area contributed by atoms with Crippen LogP contribution in [0.3, 0.4) is 0 Å². The van der Waals surface area contributed by atoms with Crippen LogP contribution in [-0.2, 0) is 11.8 Å². The first-order chi connectivity index (χ1) is 10.9. The maximum absolute atomic E-state index is 12.4. The van der Waals surface area contributed by atoms with Crippen molar-refractivity contribution in [3.8, 4) is 0 Å². The van der Waals surface area contributed by atoms with Crippen molar-refractivity contribution in [2.45, 2.75) is 26.8 Å². The summed E-state index contributed by atoms with van der Waals surface area (Å²) in [5.74, 6) is -0.617. The summed E-state index contributed by atoms with van der Waals surface area (Å²) in [7, 11) is 1.64. The van der Waals surface area contributed by atoms with Crippen LogP contribution in [0, 0.1) is 13.8 Å². The molecule has 3 rings (SSSR count). The van der Waals surface area contributed by atoms with Gasteiger partial charge in [0.25, 0.3) is 0 Å². The molecule has 7 heteroatoms. The van der Waals surface area contributed by atoms with E-state index in [0.717, 1.165) is 11.4 Å². The molecule has 0 fully saturated rings. The van der Waals surface area contributed by atoms with E-state index < -0.39 is 11.8 Å². The van der Waals surface area contributed by atoms with Gasteiger partial charge in [-0.25, -0.2) is 4.79 Å². The van der Waals surface area contributed by atoms with Gasteiger partial charge in [-0.2, -0.15) is 5.10 Å². The lowest BCUT2D eigenvalue weighted by molar-refractivity contribution is -0.119. The second-order valence-electron chi connectivity index (χ2n) is 5.65. The first-order valence-corrected chi connectivity index (χ1v) is 7.30. The van der Waals surface area contributed by atoms with Crippen LogP contribution in [0.4, 0.5) is 5.69 Å². The Morgan fingerprint density at radius 2 is 2.04 bits per heavy atom. The van der Waals surface area contributed by atoms with Gasteiger partial charge in [0, 0.05) is 24.5 Å². The van der Waals surface area contributed by atoms with E-state index in [9.17, 15) is 9.59 Å². The molecule has 0 bridgehead atoms. The van der Waals surface area contributed by atoms with Gasteiger partial charge < -0.3 is 9.73 Å². The van der Waals surface area contributed by atoms with Gasteiger partial charge in [0.15, 0.2) is 5.58 Å². The van der Waals surface area contributed by atoms with Crippen molar-refractivity contribution in [1.82, 2.24) is 14.3 Å². The molecule has 0 aliphatic heterocycles. The Balaban J connectivity index is 1.85. The molecule has 7 nitrogen and oxygen atoms in total. The van der Waals surface area contributed by atoms with E-state index in [2.05, 4.69) is 10.4 Å². The molecule has 1 amide bonds. The predicted octanol–water partition coefficient (Wildman–Crippen LogP) is 2.14. The first-order valence-electron chi connectivity index (χ1n) is 7.30. The molecule has 0 radical (unpaired) electrons. The van der Waals surface area contributed by atoms with Crippen LogP contribution in [-0.4, -0.2) is 20.3 Å². The van der Waals surface area contributed by atoms with Crippen LogP contribution >= 0.6 is 0 Å². The van der Waals surface area contributed by atoms with Crippen molar-refractivity contribution in [2.24, 2.45) is 7.05 Å². The zero-order chi connectivity index (χ0) is 16.7. The number of nitrogens with zero attached hydrogens (tertiary/aromatic N) is 3. The van der Waals surface area contributed by atoms with E-state index in [1.165, 1.54) is 4.57 Å². The molecule has 0 saturated heterocycles. The number of hydrogen-bond acceptors (Lipinski definition) is 4. The highest BCUT2D eigenvalue weighted by atomic mass is 16.4. The SMILES string of the molecule is Cc1cc(C)n(C(C)C(=O)Nc2ccc3c(c2)oc(=O)n3C)n1. The minimum Gasteiger partial charge on any atom is -0.408 e. The molecule has 2 aromatic heterocycles. The van der Waals surface area contributed by atoms with E-state index in [1.54, 1.807) is 36.9 Å². The Morgan fingerprint density at radius 1 is 1.30 bits per heavy atom. The number of hydrogen-bond donors (Lipinski definition) is 1. The largest absolute Gasteiger partial charge is 0.419 e. The highest BCUT2D eigenvalue weighted by Crippen LogP contribution is 2.19. The Labute approximate surface area is 132 Å². The van der Waals surface area contributed by atoms with Gasteiger partial charge in [0.2, 0.25) is 5.91 Å². The number of carbonyl (C=O) groups excluding carboxylic acids is 1. The number of oxazole rings is 1. The molecule has 0 spiro atoms. The molecule has 2 heterocycles. The van der Waals surface area contributed by atoms with Crippen LogP contribution in [0.15, 0.2) is 33.5 Å². The number of fused-ring (bicyclic) bond motifs is 1. The van der Waals surface area contributed by atoms with E-state index in [4.69, 9.17) is 4.42 Å². The van der Waals surface area contributed by atoms with Gasteiger partial charge in [0.05, 0.1) is 11.2 Å². The van der Waals surface area contributed by atoms with Crippen molar-refractivity contribution < 1.29 is 9.21 Å². The lowest BCUT2D eigenvalue weighted by atomic mass is 10.2. The fraction of sp³-hybridized carbons (Fsp3) is 0.312. The fourth-order valence-corrected chi connectivity index (χ4v) is 2.61. The molecular weight excluding hydrogens is 296 g/mol. The zero-order valence-corrected chi connectivity index (χ0v) is 13.5. The van der Waals surface area contributed by atoms with Crippen LogP contribution < -0.4 is 11.1 Å². The highest BCUT2D eigenvalue weighted by molar-refractivity contribution is 5.95. The zero-order valence-electron chi connectivity index (χ0n) is 13.5. The second-order valence-corrected chi connectivity index (χ2v) is 5.65. The lowest BCUT2D eigenvalue weighted by Gasteiger charge is -2.14. The summed E-state index contributed by atoms with van der Waals surface area (Å²) in [5, 5.41) is 7.16. The van der Waals surface area contributed by atoms with Crippen molar-refractivity contribution >= 4 is 22.7 Å². The van der Waals surface area contributed by atoms with Gasteiger partial charge in [-0.3, -0.25) is 14.0 Å². The number of amides is 1. The number of benzene rings is 1. The number of aromatic nitrogens is 3. The molecule has 0 aliphatic carbocycles. The van der Waals surface area contributed by atoms with Crippen molar-refractivity contribution in [1.29, 1.82) is 0 Å². The molecule has 3 aromatic rings. The van der Waals surface area contributed by atoms with Gasteiger partial charge in [-0.05, 0) is 39.0 Å². The van der Waals surface area contributed by atoms with Gasteiger partial charge in [-0.1, -0.05) is 0 Å². The highest BCUT2D eigenvalue weighted by Gasteiger charge is 2.18. The summed E-state index contributed by atoms with van der Waals surface area (Å²) < 4.78 is 8.23. The van der Waals surface area contributed by atoms with Gasteiger partial charge >= 0.3 is 5.76 Å². The third-order valence-electron chi connectivity index (χ3n) is 3.85.